The first kappa shape index (κ1) is 17.3. The van der Waals surface area contributed by atoms with E-state index in [0.29, 0.717) is 6.42 Å². The van der Waals surface area contributed by atoms with E-state index < -0.39 is 8.25 Å². The molecule has 0 fully saturated rings. The summed E-state index contributed by atoms with van der Waals surface area (Å²) in [4.78, 5) is 8.17. The Hall–Kier alpha value is -0.0600. The number of aliphatic hydroxyl groups excluding tert-OH is 2. The van der Waals surface area contributed by atoms with Gasteiger partial charge in [-0.2, -0.15) is 0 Å². The normalized spacial score (nSPS) is 10.9. The summed E-state index contributed by atoms with van der Waals surface area (Å²) in [5.74, 6) is -0.259. The number of hydrogen-bond acceptors (Lipinski definition) is 4. The Kier molecular flexibility index (Phi) is 16.1. The Bertz CT molecular complexity index is 136. The second-order valence-corrected chi connectivity index (χ2v) is 3.82. The molecule has 5 nitrogen and oxygen atoms in total. The Morgan fingerprint density at radius 2 is 1.67 bits per heavy atom. The second kappa shape index (κ2) is 13.9. The molecule has 0 amide bonds. The van der Waals surface area contributed by atoms with Gasteiger partial charge < -0.3 is 10.2 Å². The van der Waals surface area contributed by atoms with Crippen molar-refractivity contribution in [3.8, 4) is 0 Å². The fraction of sp³-hybridized carbons (Fsp3) is 1.00. The molecular formula is C9H22O5P+. The third-order valence-corrected chi connectivity index (χ3v) is 2.15. The van der Waals surface area contributed by atoms with Crippen molar-refractivity contribution in [1.82, 2.24) is 0 Å². The van der Waals surface area contributed by atoms with Gasteiger partial charge in [0.2, 0.25) is 0 Å². The lowest BCUT2D eigenvalue weighted by Crippen LogP contribution is -2.12. The molecule has 0 heterocycles. The molecule has 1 unspecified atom stereocenters. The van der Waals surface area contributed by atoms with Crippen LogP contribution in [0.2, 0.25) is 0 Å². The molecule has 6 heteroatoms. The Morgan fingerprint density at radius 1 is 1.20 bits per heavy atom. The van der Waals surface area contributed by atoms with Crippen molar-refractivity contribution in [3.63, 3.8) is 0 Å². The van der Waals surface area contributed by atoms with Crippen LogP contribution in [0, 0.1) is 5.92 Å². The van der Waals surface area contributed by atoms with Gasteiger partial charge in [0.1, 0.15) is 6.61 Å². The number of rotatable bonds is 7. The van der Waals surface area contributed by atoms with E-state index in [9.17, 15) is 4.57 Å². The van der Waals surface area contributed by atoms with Crippen molar-refractivity contribution < 1.29 is 24.2 Å². The van der Waals surface area contributed by atoms with Crippen LogP contribution in [0.1, 0.15) is 33.1 Å². The van der Waals surface area contributed by atoms with Gasteiger partial charge in [-0.05, 0) is 6.42 Å². The molecule has 3 N–H and O–H groups in total. The maximum atomic E-state index is 9.96. The van der Waals surface area contributed by atoms with Crippen molar-refractivity contribution in [1.29, 1.82) is 0 Å². The highest BCUT2D eigenvalue weighted by Gasteiger charge is 2.13. The molecule has 0 rings (SSSR count). The third-order valence-electron chi connectivity index (χ3n) is 1.74. The molecule has 15 heavy (non-hydrogen) atoms. The summed E-state index contributed by atoms with van der Waals surface area (Å²) in [6.45, 7) is 4.17. The zero-order chi connectivity index (χ0) is 12.1. The van der Waals surface area contributed by atoms with Gasteiger partial charge in [-0.1, -0.05) is 26.7 Å². The molecule has 0 spiro atoms. The molecule has 0 aromatic carbocycles. The lowest BCUT2D eigenvalue weighted by Gasteiger charge is -2.06. The lowest BCUT2D eigenvalue weighted by atomic mass is 10.1. The average molecular weight is 241 g/mol. The summed E-state index contributed by atoms with van der Waals surface area (Å²) < 4.78 is 14.3. The molecule has 0 saturated carbocycles. The molecule has 0 bridgehead atoms. The van der Waals surface area contributed by atoms with Crippen molar-refractivity contribution in [3.05, 3.63) is 0 Å². The summed E-state index contributed by atoms with van der Waals surface area (Å²) in [6.07, 6.45) is 3.02. The van der Waals surface area contributed by atoms with Crippen molar-refractivity contribution >= 4 is 8.25 Å². The predicted octanol–water partition coefficient (Wildman–Crippen LogP) is 1.45. The van der Waals surface area contributed by atoms with E-state index in [2.05, 4.69) is 18.4 Å². The minimum absolute atomic E-state index is 0.0808. The molecule has 0 aliphatic heterocycles. The topological polar surface area (TPSA) is 87.0 Å². The van der Waals surface area contributed by atoms with Crippen LogP contribution < -0.4 is 0 Å². The standard InChI is InChI=1S/C5H11O5P.C4H10/c6-3-5(4-7)1-2-10-11(8)9;1-3-4-2/h5-7H,1-4H2;3-4H2,1-2H3/p+1. The van der Waals surface area contributed by atoms with Gasteiger partial charge in [0.15, 0.2) is 0 Å². The molecule has 0 aromatic heterocycles. The minimum atomic E-state index is -2.55. The Labute approximate surface area is 92.0 Å². The number of hydrogen-bond donors (Lipinski definition) is 3. The Balaban J connectivity index is 0. The van der Waals surface area contributed by atoms with Gasteiger partial charge in [-0.25, -0.2) is 0 Å². The minimum Gasteiger partial charge on any atom is -0.396 e. The molecular weight excluding hydrogens is 219 g/mol. The van der Waals surface area contributed by atoms with Gasteiger partial charge in [0.25, 0.3) is 0 Å². The Morgan fingerprint density at radius 3 is 1.93 bits per heavy atom. The van der Waals surface area contributed by atoms with Crippen LogP contribution in [0.25, 0.3) is 0 Å². The zero-order valence-electron chi connectivity index (χ0n) is 9.43. The van der Waals surface area contributed by atoms with Gasteiger partial charge in [0, 0.05) is 23.7 Å². The molecule has 0 radical (unpaired) electrons. The largest absolute Gasteiger partial charge is 0.694 e. The van der Waals surface area contributed by atoms with E-state index in [4.69, 9.17) is 15.1 Å². The van der Waals surface area contributed by atoms with Gasteiger partial charge in [-0.15, -0.1) is 9.42 Å². The monoisotopic (exact) mass is 241 g/mol. The first-order valence-electron chi connectivity index (χ1n) is 5.13. The van der Waals surface area contributed by atoms with E-state index in [1.165, 1.54) is 12.8 Å². The van der Waals surface area contributed by atoms with Crippen LogP contribution in [0.15, 0.2) is 0 Å². The summed E-state index contributed by atoms with van der Waals surface area (Å²) in [6, 6.07) is 0. The van der Waals surface area contributed by atoms with Crippen LogP contribution >= 0.6 is 8.25 Å². The maximum absolute atomic E-state index is 9.96. The van der Waals surface area contributed by atoms with E-state index in [1.54, 1.807) is 0 Å². The van der Waals surface area contributed by atoms with Crippen LogP contribution in [0.4, 0.5) is 0 Å². The molecule has 0 aliphatic carbocycles. The summed E-state index contributed by atoms with van der Waals surface area (Å²) in [5.41, 5.74) is 0. The fourth-order valence-corrected chi connectivity index (χ4v) is 0.799. The van der Waals surface area contributed by atoms with Gasteiger partial charge in [-0.3, -0.25) is 0 Å². The third kappa shape index (κ3) is 16.6. The highest BCUT2D eigenvalue weighted by atomic mass is 31.1. The molecule has 1 atom stereocenters. The number of aliphatic hydroxyl groups is 2. The van der Waals surface area contributed by atoms with Gasteiger partial charge >= 0.3 is 8.25 Å². The van der Waals surface area contributed by atoms with Gasteiger partial charge in [0.05, 0.1) is 0 Å². The number of unbranched alkanes of at least 4 members (excludes halogenated alkanes) is 1. The molecule has 0 aromatic rings. The second-order valence-electron chi connectivity index (χ2n) is 3.09. The van der Waals surface area contributed by atoms with Crippen LogP contribution in [0.5, 0.6) is 0 Å². The van der Waals surface area contributed by atoms with Crippen molar-refractivity contribution in [2.75, 3.05) is 19.8 Å². The fourth-order valence-electron chi connectivity index (χ4n) is 0.538. The van der Waals surface area contributed by atoms with Crippen LogP contribution in [-0.4, -0.2) is 34.9 Å². The van der Waals surface area contributed by atoms with Crippen LogP contribution in [-0.2, 0) is 9.09 Å². The van der Waals surface area contributed by atoms with E-state index >= 15 is 0 Å². The molecule has 92 valence electrons. The zero-order valence-corrected chi connectivity index (χ0v) is 10.3. The highest BCUT2D eigenvalue weighted by molar-refractivity contribution is 7.32. The van der Waals surface area contributed by atoms with Crippen molar-refractivity contribution in [2.24, 2.45) is 5.92 Å². The first-order chi connectivity index (χ1) is 7.12. The van der Waals surface area contributed by atoms with Crippen molar-refractivity contribution in [2.45, 2.75) is 33.1 Å². The predicted molar refractivity (Wildman–Crippen MR) is 58.6 cm³/mol. The smallest absolute Gasteiger partial charge is 0.396 e. The quantitative estimate of drug-likeness (QED) is 0.587. The molecule has 0 aliphatic rings. The first-order valence-corrected chi connectivity index (χ1v) is 6.26. The summed E-state index contributed by atoms with van der Waals surface area (Å²) in [5, 5.41) is 17.1. The SMILES string of the molecule is CCCC.O=[P+](O)OCCC(CO)CO. The summed E-state index contributed by atoms with van der Waals surface area (Å²) in [7, 11) is -2.55. The van der Waals surface area contributed by atoms with E-state index in [1.807, 2.05) is 0 Å². The molecule has 0 saturated heterocycles. The van der Waals surface area contributed by atoms with Crippen LogP contribution in [0.3, 0.4) is 0 Å². The highest BCUT2D eigenvalue weighted by Crippen LogP contribution is 2.15. The average Bonchev–Trinajstić information content (AvgIpc) is 2.24. The van der Waals surface area contributed by atoms with E-state index in [0.717, 1.165) is 0 Å². The maximum Gasteiger partial charge on any atom is 0.694 e. The lowest BCUT2D eigenvalue weighted by molar-refractivity contribution is 0.127. The summed E-state index contributed by atoms with van der Waals surface area (Å²) >= 11 is 0. The van der Waals surface area contributed by atoms with E-state index in [-0.39, 0.29) is 25.7 Å².